The van der Waals surface area contributed by atoms with Crippen molar-refractivity contribution in [3.63, 3.8) is 0 Å². The first-order chi connectivity index (χ1) is 10.1. The average molecular weight is 287 g/mol. The van der Waals surface area contributed by atoms with Crippen LogP contribution in [0.3, 0.4) is 0 Å². The number of aliphatic hydroxyl groups excluding tert-OH is 1. The highest BCUT2D eigenvalue weighted by atomic mass is 16.5. The number of rotatable bonds is 6. The van der Waals surface area contributed by atoms with Gasteiger partial charge in [0.15, 0.2) is 0 Å². The summed E-state index contributed by atoms with van der Waals surface area (Å²) in [6.45, 7) is 1.66. The Hall–Kier alpha value is -2.04. The molecule has 21 heavy (non-hydrogen) atoms. The third-order valence-electron chi connectivity index (χ3n) is 3.60. The molecular formula is C17H21NO3. The molecule has 0 heterocycles. The second kappa shape index (κ2) is 6.61. The van der Waals surface area contributed by atoms with Gasteiger partial charge in [0, 0.05) is 6.42 Å². The Morgan fingerprint density at radius 2 is 1.67 bits per heavy atom. The fraction of sp³-hybridized carbons (Fsp3) is 0.294. The van der Waals surface area contributed by atoms with E-state index >= 15 is 0 Å². The SMILES string of the molecule is COc1ccc(CC(C)(CO)N(O)c2ccccc2)cc1. The zero-order chi connectivity index (χ0) is 15.3. The highest BCUT2D eigenvalue weighted by Gasteiger charge is 2.31. The summed E-state index contributed by atoms with van der Waals surface area (Å²) in [4.78, 5) is 0. The molecule has 0 radical (unpaired) electrons. The van der Waals surface area contributed by atoms with E-state index in [-0.39, 0.29) is 6.61 Å². The van der Waals surface area contributed by atoms with Gasteiger partial charge in [-0.2, -0.15) is 0 Å². The molecule has 2 aromatic rings. The molecule has 4 heteroatoms. The molecule has 2 rings (SSSR count). The van der Waals surface area contributed by atoms with Crippen molar-refractivity contribution in [2.45, 2.75) is 18.9 Å². The molecule has 1 unspecified atom stereocenters. The molecule has 0 fully saturated rings. The maximum Gasteiger partial charge on any atom is 0.118 e. The van der Waals surface area contributed by atoms with Crippen molar-refractivity contribution < 1.29 is 15.1 Å². The number of hydroxylamine groups is 1. The number of benzene rings is 2. The first-order valence-electron chi connectivity index (χ1n) is 6.87. The Balaban J connectivity index is 2.20. The number of nitrogens with zero attached hydrogens (tertiary/aromatic N) is 1. The molecule has 2 aromatic carbocycles. The van der Waals surface area contributed by atoms with Crippen molar-refractivity contribution in [3.05, 3.63) is 60.2 Å². The van der Waals surface area contributed by atoms with E-state index < -0.39 is 5.54 Å². The van der Waals surface area contributed by atoms with Crippen molar-refractivity contribution in [1.29, 1.82) is 0 Å². The van der Waals surface area contributed by atoms with Crippen LogP contribution >= 0.6 is 0 Å². The Labute approximate surface area is 125 Å². The van der Waals surface area contributed by atoms with E-state index in [2.05, 4.69) is 0 Å². The lowest BCUT2D eigenvalue weighted by atomic mass is 9.92. The molecular weight excluding hydrogens is 266 g/mol. The first-order valence-corrected chi connectivity index (χ1v) is 6.87. The Bertz CT molecular complexity index is 556. The zero-order valence-corrected chi connectivity index (χ0v) is 12.4. The van der Waals surface area contributed by atoms with Crippen LogP contribution in [-0.4, -0.2) is 29.6 Å². The summed E-state index contributed by atoms with van der Waals surface area (Å²) in [6.07, 6.45) is 0.513. The van der Waals surface area contributed by atoms with Gasteiger partial charge in [0.05, 0.1) is 24.9 Å². The van der Waals surface area contributed by atoms with Crippen molar-refractivity contribution in [3.8, 4) is 5.75 Å². The molecule has 0 aliphatic heterocycles. The van der Waals surface area contributed by atoms with Gasteiger partial charge in [-0.15, -0.1) is 0 Å². The molecule has 4 nitrogen and oxygen atoms in total. The molecule has 1 atom stereocenters. The minimum atomic E-state index is -0.796. The van der Waals surface area contributed by atoms with E-state index in [0.29, 0.717) is 12.1 Å². The molecule has 0 saturated carbocycles. The fourth-order valence-electron chi connectivity index (χ4n) is 2.26. The van der Waals surface area contributed by atoms with Gasteiger partial charge in [-0.25, -0.2) is 5.06 Å². The molecule has 0 amide bonds. The normalized spacial score (nSPS) is 13.5. The van der Waals surface area contributed by atoms with Crippen LogP contribution in [-0.2, 0) is 6.42 Å². The lowest BCUT2D eigenvalue weighted by Gasteiger charge is -2.37. The van der Waals surface area contributed by atoms with Gasteiger partial charge in [0.1, 0.15) is 5.75 Å². The van der Waals surface area contributed by atoms with Gasteiger partial charge in [0.2, 0.25) is 0 Å². The number of hydrogen-bond acceptors (Lipinski definition) is 4. The van der Waals surface area contributed by atoms with Gasteiger partial charge < -0.3 is 9.84 Å². The van der Waals surface area contributed by atoms with Crippen molar-refractivity contribution in [2.24, 2.45) is 0 Å². The van der Waals surface area contributed by atoms with E-state index in [1.807, 2.05) is 61.5 Å². The van der Waals surface area contributed by atoms with Gasteiger partial charge >= 0.3 is 0 Å². The first kappa shape index (κ1) is 15.4. The predicted octanol–water partition coefficient (Wildman–Crippen LogP) is 2.88. The number of hydrogen-bond donors (Lipinski definition) is 2. The minimum Gasteiger partial charge on any atom is -0.497 e. The number of ether oxygens (including phenoxy) is 1. The van der Waals surface area contributed by atoms with E-state index in [4.69, 9.17) is 4.74 Å². The van der Waals surface area contributed by atoms with Gasteiger partial charge in [-0.05, 0) is 36.8 Å². The highest BCUT2D eigenvalue weighted by Crippen LogP contribution is 2.26. The molecule has 0 aromatic heterocycles. The number of para-hydroxylation sites is 1. The standard InChI is InChI=1S/C17H21NO3/c1-17(13-19,18(20)15-6-4-3-5-7-15)12-14-8-10-16(21-2)11-9-14/h3-11,19-20H,12-13H2,1-2H3. The quantitative estimate of drug-likeness (QED) is 0.802. The summed E-state index contributed by atoms with van der Waals surface area (Å²) in [5.41, 5.74) is 0.876. The van der Waals surface area contributed by atoms with Crippen LogP contribution in [0, 0.1) is 0 Å². The Kier molecular flexibility index (Phi) is 4.83. The predicted molar refractivity (Wildman–Crippen MR) is 82.9 cm³/mol. The van der Waals surface area contributed by atoms with Crippen molar-refractivity contribution in [2.75, 3.05) is 18.8 Å². The monoisotopic (exact) mass is 287 g/mol. The lowest BCUT2D eigenvalue weighted by Crippen LogP contribution is -2.49. The summed E-state index contributed by atoms with van der Waals surface area (Å²) >= 11 is 0. The average Bonchev–Trinajstić information content (AvgIpc) is 2.55. The van der Waals surface area contributed by atoms with Crippen LogP contribution < -0.4 is 9.80 Å². The molecule has 0 saturated heterocycles. The molecule has 0 bridgehead atoms. The molecule has 0 aliphatic carbocycles. The van der Waals surface area contributed by atoms with E-state index in [0.717, 1.165) is 16.4 Å². The summed E-state index contributed by atoms with van der Waals surface area (Å²) in [5, 5.41) is 21.3. The Morgan fingerprint density at radius 1 is 1.05 bits per heavy atom. The maximum absolute atomic E-state index is 10.5. The number of aliphatic hydroxyl groups is 1. The van der Waals surface area contributed by atoms with Gasteiger partial charge in [0.25, 0.3) is 0 Å². The number of anilines is 1. The van der Waals surface area contributed by atoms with E-state index in [1.54, 1.807) is 7.11 Å². The van der Waals surface area contributed by atoms with Crippen LogP contribution in [0.25, 0.3) is 0 Å². The molecule has 0 spiro atoms. The van der Waals surface area contributed by atoms with E-state index in [1.165, 1.54) is 0 Å². The van der Waals surface area contributed by atoms with Crippen LogP contribution in [0.1, 0.15) is 12.5 Å². The fourth-order valence-corrected chi connectivity index (χ4v) is 2.26. The second-order valence-corrected chi connectivity index (χ2v) is 5.33. The third kappa shape index (κ3) is 3.54. The maximum atomic E-state index is 10.5. The highest BCUT2D eigenvalue weighted by molar-refractivity contribution is 5.46. The van der Waals surface area contributed by atoms with Crippen LogP contribution in [0.15, 0.2) is 54.6 Å². The summed E-state index contributed by atoms with van der Waals surface area (Å²) in [6, 6.07) is 16.8. The number of methoxy groups -OCH3 is 1. The van der Waals surface area contributed by atoms with Crippen LogP contribution in [0.5, 0.6) is 5.75 Å². The summed E-state index contributed by atoms with van der Waals surface area (Å²) < 4.78 is 5.13. The molecule has 2 N–H and O–H groups in total. The lowest BCUT2D eigenvalue weighted by molar-refractivity contribution is 0.0995. The third-order valence-corrected chi connectivity index (χ3v) is 3.60. The van der Waals surface area contributed by atoms with Crippen LogP contribution in [0.2, 0.25) is 0 Å². The topological polar surface area (TPSA) is 52.9 Å². The zero-order valence-electron chi connectivity index (χ0n) is 12.4. The summed E-state index contributed by atoms with van der Waals surface area (Å²) in [7, 11) is 1.62. The van der Waals surface area contributed by atoms with Gasteiger partial charge in [-0.3, -0.25) is 5.21 Å². The second-order valence-electron chi connectivity index (χ2n) is 5.33. The minimum absolute atomic E-state index is 0.162. The molecule has 112 valence electrons. The molecule has 0 aliphatic rings. The summed E-state index contributed by atoms with van der Waals surface area (Å²) in [5.74, 6) is 0.786. The Morgan fingerprint density at radius 3 is 2.19 bits per heavy atom. The smallest absolute Gasteiger partial charge is 0.118 e. The van der Waals surface area contributed by atoms with Crippen molar-refractivity contribution >= 4 is 5.69 Å². The van der Waals surface area contributed by atoms with E-state index in [9.17, 15) is 10.3 Å². The largest absolute Gasteiger partial charge is 0.497 e. The van der Waals surface area contributed by atoms with Crippen molar-refractivity contribution in [1.82, 2.24) is 0 Å². The van der Waals surface area contributed by atoms with Gasteiger partial charge in [-0.1, -0.05) is 30.3 Å². The van der Waals surface area contributed by atoms with Crippen LogP contribution in [0.4, 0.5) is 5.69 Å².